The van der Waals surface area contributed by atoms with E-state index in [0.29, 0.717) is 29.8 Å². The second-order valence-electron chi connectivity index (χ2n) is 9.92. The van der Waals surface area contributed by atoms with Gasteiger partial charge in [-0.3, -0.25) is 4.90 Å². The van der Waals surface area contributed by atoms with Crippen LogP contribution in [-0.2, 0) is 6.54 Å². The first-order valence-electron chi connectivity index (χ1n) is 12.5. The molecule has 6 rings (SSSR count). The predicted molar refractivity (Wildman–Crippen MR) is 132 cm³/mol. The van der Waals surface area contributed by atoms with Gasteiger partial charge < -0.3 is 18.8 Å². The third-order valence-corrected chi connectivity index (χ3v) is 7.87. The highest BCUT2D eigenvalue weighted by atomic mass is 16.5. The Balaban J connectivity index is 1.27. The van der Waals surface area contributed by atoms with Gasteiger partial charge in [-0.15, -0.1) is 0 Å². The molecule has 1 aromatic heterocycles. The van der Waals surface area contributed by atoms with Crippen LogP contribution >= 0.6 is 0 Å². The zero-order valence-corrected chi connectivity index (χ0v) is 19.8. The number of methoxy groups -OCH3 is 1. The Hall–Kier alpha value is -2.83. The molecule has 2 atom stereocenters. The van der Waals surface area contributed by atoms with E-state index in [1.807, 2.05) is 42.5 Å². The number of ether oxygens (including phenoxy) is 2. The largest absolute Gasteiger partial charge is 0.497 e. The monoisotopic (exact) mass is 460 g/mol. The summed E-state index contributed by atoms with van der Waals surface area (Å²) in [7, 11) is 1.63. The summed E-state index contributed by atoms with van der Waals surface area (Å²) in [4.78, 5) is 18.1. The van der Waals surface area contributed by atoms with Gasteiger partial charge >= 0.3 is 5.63 Å². The minimum Gasteiger partial charge on any atom is -0.497 e. The van der Waals surface area contributed by atoms with Gasteiger partial charge in [0.25, 0.3) is 0 Å². The molecule has 178 valence electrons. The minimum atomic E-state index is -0.326. The molecule has 2 aromatic carbocycles. The van der Waals surface area contributed by atoms with Gasteiger partial charge in [0.1, 0.15) is 23.8 Å². The predicted octanol–water partition coefficient (Wildman–Crippen LogP) is 4.89. The maximum Gasteiger partial charge on any atom is 0.344 e. The van der Waals surface area contributed by atoms with Crippen molar-refractivity contribution in [2.24, 2.45) is 5.92 Å². The smallest absolute Gasteiger partial charge is 0.344 e. The van der Waals surface area contributed by atoms with E-state index in [1.165, 1.54) is 45.2 Å². The molecule has 0 unspecified atom stereocenters. The van der Waals surface area contributed by atoms with Crippen molar-refractivity contribution in [2.45, 2.75) is 44.7 Å². The summed E-state index contributed by atoms with van der Waals surface area (Å²) in [5.74, 6) is 2.27. The molecule has 6 nitrogen and oxygen atoms in total. The molecule has 4 heterocycles. The zero-order valence-electron chi connectivity index (χ0n) is 19.8. The molecule has 3 aromatic rings. The van der Waals surface area contributed by atoms with E-state index in [0.717, 1.165) is 41.1 Å². The Morgan fingerprint density at radius 3 is 2.74 bits per heavy atom. The van der Waals surface area contributed by atoms with Crippen molar-refractivity contribution in [3.63, 3.8) is 0 Å². The van der Waals surface area contributed by atoms with Crippen molar-refractivity contribution in [2.75, 3.05) is 33.5 Å². The van der Waals surface area contributed by atoms with Gasteiger partial charge in [0, 0.05) is 24.5 Å². The molecule has 2 fully saturated rings. The Bertz CT molecular complexity index is 1230. The van der Waals surface area contributed by atoms with Crippen molar-refractivity contribution in [3.8, 4) is 22.6 Å². The number of fused-ring (bicyclic) bond motifs is 4. The lowest BCUT2D eigenvalue weighted by Crippen LogP contribution is -2.51. The number of piperidine rings is 2. The van der Waals surface area contributed by atoms with Gasteiger partial charge in [0.2, 0.25) is 0 Å². The molecule has 0 N–H and O–H groups in total. The molecule has 3 aliphatic rings. The molecule has 2 saturated heterocycles. The third-order valence-electron chi connectivity index (χ3n) is 7.87. The second kappa shape index (κ2) is 9.08. The van der Waals surface area contributed by atoms with Gasteiger partial charge in [-0.25, -0.2) is 4.79 Å². The molecule has 0 bridgehead atoms. The minimum absolute atomic E-state index is 0.326. The summed E-state index contributed by atoms with van der Waals surface area (Å²) in [6, 6.07) is 14.1. The number of nitrogens with zero attached hydrogens (tertiary/aromatic N) is 2. The zero-order chi connectivity index (χ0) is 23.1. The van der Waals surface area contributed by atoms with Crippen molar-refractivity contribution >= 4 is 11.0 Å². The van der Waals surface area contributed by atoms with Crippen LogP contribution in [0.4, 0.5) is 0 Å². The fourth-order valence-corrected chi connectivity index (χ4v) is 6.15. The molecule has 3 aliphatic heterocycles. The number of rotatable bonds is 4. The Kier molecular flexibility index (Phi) is 5.79. The standard InChI is InChI=1S/C28H32N2O4/c1-32-22-10-7-19(8-11-22)23-15-20-9-12-26-24(27(20)34-28(23)31)17-29(18-33-26)16-21-5-4-14-30-13-3-2-6-25(21)30/h7-12,15,21,25H,2-6,13-14,16-18H2,1H3/t21-,25-/m1/s1. The van der Waals surface area contributed by atoms with Crippen LogP contribution < -0.4 is 15.1 Å². The van der Waals surface area contributed by atoms with E-state index in [-0.39, 0.29) is 5.63 Å². The van der Waals surface area contributed by atoms with Crippen molar-refractivity contribution in [1.29, 1.82) is 0 Å². The molecule has 0 radical (unpaired) electrons. The average Bonchev–Trinajstić information content (AvgIpc) is 2.89. The summed E-state index contributed by atoms with van der Waals surface area (Å²) < 4.78 is 17.3. The lowest BCUT2D eigenvalue weighted by atomic mass is 9.83. The third kappa shape index (κ3) is 3.99. The van der Waals surface area contributed by atoms with E-state index < -0.39 is 0 Å². The molecule has 0 aliphatic carbocycles. The van der Waals surface area contributed by atoms with Crippen molar-refractivity contribution < 1.29 is 13.9 Å². The SMILES string of the molecule is COc1ccc(-c2cc3ccc4c(c3oc2=O)CN(C[C@H]2CCCN3CCCC[C@H]23)CO4)cc1. The van der Waals surface area contributed by atoms with Crippen LogP contribution in [0.5, 0.6) is 11.5 Å². The van der Waals surface area contributed by atoms with Gasteiger partial charge in [-0.2, -0.15) is 0 Å². The van der Waals surface area contributed by atoms with E-state index in [1.54, 1.807) is 7.11 Å². The highest BCUT2D eigenvalue weighted by molar-refractivity contribution is 5.86. The quantitative estimate of drug-likeness (QED) is 0.517. The van der Waals surface area contributed by atoms with E-state index >= 15 is 0 Å². The van der Waals surface area contributed by atoms with Gasteiger partial charge in [-0.05, 0) is 80.6 Å². The van der Waals surface area contributed by atoms with Gasteiger partial charge in [-0.1, -0.05) is 18.6 Å². The van der Waals surface area contributed by atoms with E-state index in [9.17, 15) is 4.79 Å². The van der Waals surface area contributed by atoms with Crippen LogP contribution in [-0.4, -0.2) is 49.3 Å². The topological polar surface area (TPSA) is 55.2 Å². The summed E-state index contributed by atoms with van der Waals surface area (Å²) in [5, 5.41) is 0.922. The van der Waals surface area contributed by atoms with Crippen LogP contribution in [0.2, 0.25) is 0 Å². The van der Waals surface area contributed by atoms with Gasteiger partial charge in [0.15, 0.2) is 0 Å². The summed E-state index contributed by atoms with van der Waals surface area (Å²) in [6.07, 6.45) is 6.59. The second-order valence-corrected chi connectivity index (χ2v) is 9.92. The van der Waals surface area contributed by atoms with Crippen LogP contribution in [0.3, 0.4) is 0 Å². The Morgan fingerprint density at radius 1 is 1.03 bits per heavy atom. The lowest BCUT2D eigenvalue weighted by molar-refractivity contribution is 0.0146. The van der Waals surface area contributed by atoms with Crippen LogP contribution in [0.15, 0.2) is 51.7 Å². The maximum atomic E-state index is 13.0. The van der Waals surface area contributed by atoms with Crippen LogP contribution in [0, 0.1) is 5.92 Å². The highest BCUT2D eigenvalue weighted by Gasteiger charge is 2.35. The molecular weight excluding hydrogens is 428 g/mol. The molecule has 6 heteroatoms. The molecular formula is C28H32N2O4. The van der Waals surface area contributed by atoms with Crippen LogP contribution in [0.1, 0.15) is 37.7 Å². The first-order valence-corrected chi connectivity index (χ1v) is 12.5. The highest BCUT2D eigenvalue weighted by Crippen LogP contribution is 2.36. The van der Waals surface area contributed by atoms with Crippen molar-refractivity contribution in [3.05, 3.63) is 58.4 Å². The lowest BCUT2D eigenvalue weighted by Gasteiger charge is -2.46. The number of hydrogen-bond acceptors (Lipinski definition) is 6. The summed E-state index contributed by atoms with van der Waals surface area (Å²) >= 11 is 0. The molecule has 0 spiro atoms. The fraction of sp³-hybridized carbons (Fsp3) is 0.464. The fourth-order valence-electron chi connectivity index (χ4n) is 6.15. The Labute approximate surface area is 200 Å². The molecule has 34 heavy (non-hydrogen) atoms. The maximum absolute atomic E-state index is 13.0. The average molecular weight is 461 g/mol. The molecule has 0 saturated carbocycles. The van der Waals surface area contributed by atoms with Crippen LogP contribution in [0.25, 0.3) is 22.1 Å². The Morgan fingerprint density at radius 2 is 1.88 bits per heavy atom. The van der Waals surface area contributed by atoms with Crippen molar-refractivity contribution in [1.82, 2.24) is 9.80 Å². The number of hydrogen-bond donors (Lipinski definition) is 0. The summed E-state index contributed by atoms with van der Waals surface area (Å²) in [5.41, 5.74) is 2.68. The number of benzene rings is 2. The summed E-state index contributed by atoms with van der Waals surface area (Å²) in [6.45, 7) is 4.89. The first kappa shape index (κ1) is 21.7. The molecule has 0 amide bonds. The van der Waals surface area contributed by atoms with E-state index in [4.69, 9.17) is 13.9 Å². The van der Waals surface area contributed by atoms with Gasteiger partial charge in [0.05, 0.1) is 18.2 Å². The first-order chi connectivity index (χ1) is 16.7. The van der Waals surface area contributed by atoms with E-state index in [2.05, 4.69) is 9.80 Å². The normalized spacial score (nSPS) is 23.2.